The van der Waals surface area contributed by atoms with Crippen molar-refractivity contribution in [1.82, 2.24) is 4.90 Å². The largest absolute Gasteiger partial charge is 0.306 e. The molecule has 2 saturated heterocycles. The topological polar surface area (TPSA) is 3.24 Å². The van der Waals surface area contributed by atoms with Crippen molar-refractivity contribution in [2.24, 2.45) is 40.9 Å². The lowest BCUT2D eigenvalue weighted by atomic mass is 9.63. The van der Waals surface area contributed by atoms with Crippen molar-refractivity contribution in [1.29, 1.82) is 0 Å². The second kappa shape index (κ2) is 6.46. The van der Waals surface area contributed by atoms with Crippen LogP contribution in [-0.4, -0.2) is 25.0 Å². The summed E-state index contributed by atoms with van der Waals surface area (Å²) in [5.74, 6) is 6.31. The molecule has 1 heteroatoms. The highest BCUT2D eigenvalue weighted by Gasteiger charge is 2.53. The summed E-state index contributed by atoms with van der Waals surface area (Å²) in [5.41, 5.74) is 0.541. The van der Waals surface area contributed by atoms with Crippen LogP contribution < -0.4 is 0 Å². The molecule has 0 spiro atoms. The molecule has 1 nitrogen and oxygen atoms in total. The standard InChI is InChI=1S/C21H39N/c1-6-21(3,4)18-8-7-10-22(5)11-9-19-15(2)20(19)17-12-16(13-17)14-18/h15-20H,6-14H2,1-5H3. The first-order chi connectivity index (χ1) is 10.4. The van der Waals surface area contributed by atoms with Crippen molar-refractivity contribution >= 4 is 0 Å². The normalized spacial score (nSPS) is 44.0. The Morgan fingerprint density at radius 3 is 2.45 bits per heavy atom. The van der Waals surface area contributed by atoms with E-state index in [1.165, 1.54) is 45.2 Å². The first kappa shape index (κ1) is 16.8. The maximum atomic E-state index is 2.61. The van der Waals surface area contributed by atoms with Crippen LogP contribution in [-0.2, 0) is 0 Å². The van der Waals surface area contributed by atoms with Crippen LogP contribution in [0.25, 0.3) is 0 Å². The number of hydrogen-bond donors (Lipinski definition) is 0. The van der Waals surface area contributed by atoms with Crippen LogP contribution in [0.5, 0.6) is 0 Å². The summed E-state index contributed by atoms with van der Waals surface area (Å²) in [7, 11) is 2.35. The SMILES string of the molecule is CCC(C)(C)C1CCCN(C)CCC2C(C)C2C2CC(C2)C1. The molecule has 0 radical (unpaired) electrons. The van der Waals surface area contributed by atoms with E-state index in [-0.39, 0.29) is 0 Å². The minimum absolute atomic E-state index is 0.541. The van der Waals surface area contributed by atoms with Gasteiger partial charge in [-0.1, -0.05) is 34.1 Å². The van der Waals surface area contributed by atoms with Gasteiger partial charge in [0.05, 0.1) is 0 Å². The number of nitrogens with zero attached hydrogens (tertiary/aromatic N) is 1. The molecule has 4 unspecified atom stereocenters. The fourth-order valence-corrected chi connectivity index (χ4v) is 5.72. The van der Waals surface area contributed by atoms with E-state index in [1.54, 1.807) is 12.8 Å². The predicted molar refractivity (Wildman–Crippen MR) is 95.9 cm³/mol. The number of fused-ring (bicyclic) bond motifs is 7. The molecule has 0 amide bonds. The van der Waals surface area contributed by atoms with Gasteiger partial charge >= 0.3 is 0 Å². The molecule has 4 fully saturated rings. The molecule has 22 heavy (non-hydrogen) atoms. The summed E-state index contributed by atoms with van der Waals surface area (Å²) in [4.78, 5) is 2.61. The predicted octanol–water partition coefficient (Wildman–Crippen LogP) is 5.45. The van der Waals surface area contributed by atoms with Crippen LogP contribution in [0.3, 0.4) is 0 Å². The van der Waals surface area contributed by atoms with Crippen LogP contribution in [0.1, 0.15) is 72.6 Å². The second-order valence-corrected chi connectivity index (χ2v) is 9.71. The van der Waals surface area contributed by atoms with E-state index < -0.39 is 0 Å². The summed E-state index contributed by atoms with van der Waals surface area (Å²) in [6.45, 7) is 12.6. The average molecular weight is 306 g/mol. The molecule has 2 bridgehead atoms. The monoisotopic (exact) mass is 305 g/mol. The number of rotatable bonds is 2. The van der Waals surface area contributed by atoms with Gasteiger partial charge in [-0.15, -0.1) is 0 Å². The van der Waals surface area contributed by atoms with Crippen molar-refractivity contribution in [2.45, 2.75) is 72.6 Å². The molecule has 128 valence electrons. The highest BCUT2D eigenvalue weighted by molar-refractivity contribution is 5.02. The smallest absolute Gasteiger partial charge is 0.00189 e. The van der Waals surface area contributed by atoms with E-state index in [2.05, 4.69) is 39.6 Å². The summed E-state index contributed by atoms with van der Waals surface area (Å²) in [6.07, 6.45) is 10.3. The highest BCUT2D eigenvalue weighted by Crippen LogP contribution is 2.60. The van der Waals surface area contributed by atoms with Crippen molar-refractivity contribution in [2.75, 3.05) is 20.1 Å². The Hall–Kier alpha value is -0.0400. The highest BCUT2D eigenvalue weighted by atomic mass is 15.1. The molecule has 4 aliphatic rings. The van der Waals surface area contributed by atoms with Gasteiger partial charge in [0, 0.05) is 0 Å². The summed E-state index contributed by atoms with van der Waals surface area (Å²) < 4.78 is 0. The van der Waals surface area contributed by atoms with Crippen LogP contribution in [0, 0.1) is 40.9 Å². The first-order valence-corrected chi connectivity index (χ1v) is 10.1. The zero-order valence-electron chi connectivity index (χ0n) is 15.8. The minimum Gasteiger partial charge on any atom is -0.306 e. The molecule has 4 atom stereocenters. The van der Waals surface area contributed by atoms with E-state index in [9.17, 15) is 0 Å². The van der Waals surface area contributed by atoms with Gasteiger partial charge in [0.1, 0.15) is 0 Å². The van der Waals surface area contributed by atoms with E-state index in [0.717, 1.165) is 35.5 Å². The maximum Gasteiger partial charge on any atom is -0.00189 e. The van der Waals surface area contributed by atoms with E-state index in [0.29, 0.717) is 5.41 Å². The van der Waals surface area contributed by atoms with Crippen LogP contribution >= 0.6 is 0 Å². The maximum absolute atomic E-state index is 2.61. The first-order valence-electron chi connectivity index (χ1n) is 10.1. The van der Waals surface area contributed by atoms with Gasteiger partial charge in [0.15, 0.2) is 0 Å². The third-order valence-electron chi connectivity index (χ3n) is 8.02. The van der Waals surface area contributed by atoms with Gasteiger partial charge in [-0.3, -0.25) is 0 Å². The van der Waals surface area contributed by atoms with Crippen molar-refractivity contribution in [3.63, 3.8) is 0 Å². The lowest BCUT2D eigenvalue weighted by Gasteiger charge is -2.42. The molecule has 0 aromatic carbocycles. The fraction of sp³-hybridized carbons (Fsp3) is 1.00. The Labute approximate surface area is 139 Å². The Kier molecular flexibility index (Phi) is 4.93. The van der Waals surface area contributed by atoms with E-state index in [1.807, 2.05) is 0 Å². The Bertz CT molecular complexity index is 368. The quantitative estimate of drug-likeness (QED) is 0.655. The van der Waals surface area contributed by atoms with Gasteiger partial charge in [-0.25, -0.2) is 0 Å². The van der Waals surface area contributed by atoms with Gasteiger partial charge in [-0.2, -0.15) is 0 Å². The molecule has 2 saturated carbocycles. The summed E-state index contributed by atoms with van der Waals surface area (Å²) in [5, 5.41) is 0. The van der Waals surface area contributed by atoms with E-state index >= 15 is 0 Å². The molecule has 2 heterocycles. The third kappa shape index (κ3) is 3.40. The zero-order chi connectivity index (χ0) is 15.9. The molecule has 0 aromatic heterocycles. The van der Waals surface area contributed by atoms with Crippen LogP contribution in [0.2, 0.25) is 0 Å². The molecule has 4 rings (SSSR count). The third-order valence-corrected chi connectivity index (χ3v) is 8.02. The number of hydrogen-bond acceptors (Lipinski definition) is 1. The Morgan fingerprint density at radius 2 is 1.77 bits per heavy atom. The summed E-state index contributed by atoms with van der Waals surface area (Å²) in [6, 6.07) is 0. The molecule has 0 aromatic rings. The second-order valence-electron chi connectivity index (χ2n) is 9.71. The van der Waals surface area contributed by atoms with Crippen molar-refractivity contribution in [3.05, 3.63) is 0 Å². The molecule has 2 aliphatic heterocycles. The van der Waals surface area contributed by atoms with Gasteiger partial charge in [0.25, 0.3) is 0 Å². The minimum atomic E-state index is 0.541. The Morgan fingerprint density at radius 1 is 1.05 bits per heavy atom. The molecule has 2 aliphatic carbocycles. The molecule has 0 N–H and O–H groups in total. The lowest BCUT2D eigenvalue weighted by Crippen LogP contribution is -2.32. The fourth-order valence-electron chi connectivity index (χ4n) is 5.72. The zero-order valence-corrected chi connectivity index (χ0v) is 15.8. The van der Waals surface area contributed by atoms with Gasteiger partial charge < -0.3 is 4.90 Å². The van der Waals surface area contributed by atoms with Crippen LogP contribution in [0.15, 0.2) is 0 Å². The average Bonchev–Trinajstić information content (AvgIpc) is 3.06. The lowest BCUT2D eigenvalue weighted by molar-refractivity contribution is 0.0810. The van der Waals surface area contributed by atoms with Crippen LogP contribution in [0.4, 0.5) is 0 Å². The Balaban J connectivity index is 1.64. The van der Waals surface area contributed by atoms with Gasteiger partial charge in [0.2, 0.25) is 0 Å². The van der Waals surface area contributed by atoms with Gasteiger partial charge in [-0.05, 0) is 99.6 Å². The molecular weight excluding hydrogens is 266 g/mol. The van der Waals surface area contributed by atoms with E-state index in [4.69, 9.17) is 0 Å². The van der Waals surface area contributed by atoms with Crippen molar-refractivity contribution in [3.8, 4) is 0 Å². The van der Waals surface area contributed by atoms with Crippen molar-refractivity contribution < 1.29 is 0 Å². The molecular formula is C21H39N. The summed E-state index contributed by atoms with van der Waals surface area (Å²) >= 11 is 0.